The van der Waals surface area contributed by atoms with Crippen LogP contribution in [-0.2, 0) is 44.4 Å². The van der Waals surface area contributed by atoms with Gasteiger partial charge < -0.3 is 0 Å². The van der Waals surface area contributed by atoms with Gasteiger partial charge in [-0.05, 0) is 0 Å². The Balaban J connectivity index is 0. The molecule has 0 heterocycles. The van der Waals surface area contributed by atoms with Gasteiger partial charge in [0.15, 0.2) is 0 Å². The van der Waals surface area contributed by atoms with Gasteiger partial charge in [-0.2, -0.15) is 13.5 Å². The van der Waals surface area contributed by atoms with Crippen molar-refractivity contribution in [3.8, 4) is 0 Å². The first-order valence-corrected chi connectivity index (χ1v) is 0. The summed E-state index contributed by atoms with van der Waals surface area (Å²) in [5.74, 6) is 0. The van der Waals surface area contributed by atoms with Crippen molar-refractivity contribution < 1.29 is 44.4 Å². The molecule has 0 spiro atoms. The van der Waals surface area contributed by atoms with E-state index in [1.54, 1.807) is 0 Å². The van der Waals surface area contributed by atoms with Gasteiger partial charge in [0.05, 0.1) is 0 Å². The molecule has 0 N–H and O–H groups in total. The Bertz CT molecular complexity index is 13.5. The molecule has 0 aliphatic heterocycles. The number of hydrogen-bond acceptors (Lipinski definition) is 0. The smallest absolute Gasteiger partial charge is 0 e. The van der Waals surface area contributed by atoms with E-state index in [0.717, 1.165) is 0 Å². The SMILES string of the molecule is S.[Cd].[Cu].[InH3].[Se].[Se]. The van der Waals surface area contributed by atoms with Gasteiger partial charge in [0.2, 0.25) is 0 Å². The molecule has 0 saturated carbocycles. The zero-order valence-corrected chi connectivity index (χ0v) is 11.7. The third-order valence-electron chi connectivity index (χ3n) is 0. The van der Waals surface area contributed by atoms with Crippen molar-refractivity contribution >= 4 is 73.5 Å². The van der Waals surface area contributed by atoms with Crippen LogP contribution in [0.1, 0.15) is 0 Å². The molecule has 0 aliphatic rings. The fraction of sp³-hybridized carbons (Fsp3) is 0. The first-order valence-electron chi connectivity index (χ1n) is 0. The van der Waals surface area contributed by atoms with Crippen LogP contribution < -0.4 is 0 Å². The molecule has 6 heavy (non-hydrogen) atoms. The van der Waals surface area contributed by atoms with E-state index in [9.17, 15) is 0 Å². The Kier molecular flexibility index (Phi) is 337. The largest absolute Gasteiger partial charge is 0 e. The van der Waals surface area contributed by atoms with Crippen LogP contribution in [-0.4, -0.2) is 60.0 Å². The first kappa shape index (κ1) is 53.6. The molecule has 6 heteroatoms. The molecule has 0 unspecified atom stereocenters. The summed E-state index contributed by atoms with van der Waals surface area (Å²) in [5, 5.41) is 0. The van der Waals surface area contributed by atoms with E-state index in [2.05, 4.69) is 0 Å². The Morgan fingerprint density at radius 1 is 0.833 bits per heavy atom. The monoisotopic (exact) mass is 489 g/mol. The molecular formula is H5CdCuInSSe2. The zero-order valence-electron chi connectivity index (χ0n) is 2.33. The molecule has 0 saturated heterocycles. The third kappa shape index (κ3) is 25.2. The summed E-state index contributed by atoms with van der Waals surface area (Å²) in [4.78, 5) is 0. The van der Waals surface area contributed by atoms with Gasteiger partial charge in [-0.3, -0.25) is 0 Å². The van der Waals surface area contributed by atoms with E-state index in [4.69, 9.17) is 0 Å². The molecule has 0 aromatic rings. The normalized spacial score (nSPS) is 0. The molecule has 0 aliphatic carbocycles. The molecule has 5 radical (unpaired) electrons. The van der Waals surface area contributed by atoms with Gasteiger partial charge in [-0.1, -0.05) is 0 Å². The van der Waals surface area contributed by atoms with Gasteiger partial charge in [0.1, 0.15) is 0 Å². The molecule has 0 fully saturated rings. The van der Waals surface area contributed by atoms with Crippen molar-refractivity contribution in [2.24, 2.45) is 0 Å². The van der Waals surface area contributed by atoms with E-state index in [0.29, 0.717) is 0 Å². The fourth-order valence-corrected chi connectivity index (χ4v) is 0. The summed E-state index contributed by atoms with van der Waals surface area (Å²) in [6.45, 7) is 0. The van der Waals surface area contributed by atoms with E-state index < -0.39 is 0 Å². The minimum atomic E-state index is 0. The Morgan fingerprint density at radius 2 is 0.833 bits per heavy atom. The van der Waals surface area contributed by atoms with Crippen LogP contribution in [0.4, 0.5) is 0 Å². The Hall–Kier alpha value is 3.70. The van der Waals surface area contributed by atoms with Gasteiger partial charge in [-0.25, -0.2) is 0 Å². The molecule has 0 aromatic carbocycles. The topological polar surface area (TPSA) is 0 Å². The standard InChI is InChI=1S/Cd.Cu.In.H2S.2Se.3H/h;;;1H2;;;;;. The molecule has 39 valence electrons. The average molecular weight is 486 g/mol. The Morgan fingerprint density at radius 3 is 0.833 bits per heavy atom. The quantitative estimate of drug-likeness (QED) is 0.354. The van der Waals surface area contributed by atoms with Crippen molar-refractivity contribution in [1.29, 1.82) is 0 Å². The van der Waals surface area contributed by atoms with Crippen LogP contribution in [0.5, 0.6) is 0 Å². The first-order chi connectivity index (χ1) is 0. The van der Waals surface area contributed by atoms with Crippen molar-refractivity contribution in [2.75, 3.05) is 0 Å². The van der Waals surface area contributed by atoms with Crippen molar-refractivity contribution in [3.63, 3.8) is 0 Å². The average Bonchev–Trinajstić information content (AvgIpc) is 0. The summed E-state index contributed by atoms with van der Waals surface area (Å²) in [7, 11) is 0. The van der Waals surface area contributed by atoms with Crippen molar-refractivity contribution in [2.45, 2.75) is 0 Å². The van der Waals surface area contributed by atoms with Crippen LogP contribution in [0.2, 0.25) is 0 Å². The predicted molar refractivity (Wildman–Crippen MR) is 31.8 cm³/mol. The maximum absolute atomic E-state index is 0. The molecule has 0 bridgehead atoms. The number of rotatable bonds is 0. The second-order valence-electron chi connectivity index (χ2n) is 0. The van der Waals surface area contributed by atoms with Gasteiger partial charge in [0.25, 0.3) is 0 Å². The van der Waals surface area contributed by atoms with Crippen molar-refractivity contribution in [1.82, 2.24) is 0 Å². The summed E-state index contributed by atoms with van der Waals surface area (Å²) < 4.78 is 0. The summed E-state index contributed by atoms with van der Waals surface area (Å²) in [5.41, 5.74) is 0. The maximum Gasteiger partial charge on any atom is 0 e. The fourth-order valence-electron chi connectivity index (χ4n) is 0. The minimum Gasteiger partial charge on any atom is 0 e. The molecule has 0 amide bonds. The second kappa shape index (κ2) is 37.7. The second-order valence-corrected chi connectivity index (χ2v) is 0. The zero-order chi connectivity index (χ0) is 0. The number of hydrogen-bond donors (Lipinski definition) is 0. The minimum absolute atomic E-state index is 0. The maximum atomic E-state index is 0. The summed E-state index contributed by atoms with van der Waals surface area (Å²) in [6, 6.07) is 0. The molecule has 0 aromatic heterocycles. The van der Waals surface area contributed by atoms with Gasteiger partial charge >= 0.3 is 25.8 Å². The molecule has 0 rings (SSSR count). The van der Waals surface area contributed by atoms with Gasteiger partial charge in [0, 0.05) is 78.5 Å². The predicted octanol–water partition coefficient (Wildman–Crippen LogP) is -1.84. The summed E-state index contributed by atoms with van der Waals surface area (Å²) in [6.07, 6.45) is 0. The van der Waals surface area contributed by atoms with Crippen LogP contribution in [0.3, 0.4) is 0 Å². The van der Waals surface area contributed by atoms with E-state index in [-0.39, 0.29) is 118 Å². The van der Waals surface area contributed by atoms with E-state index in [1.165, 1.54) is 0 Å². The van der Waals surface area contributed by atoms with Gasteiger partial charge in [-0.15, -0.1) is 0 Å². The molecule has 0 atom stereocenters. The Labute approximate surface area is 116 Å². The van der Waals surface area contributed by atoms with Crippen LogP contribution in [0.15, 0.2) is 0 Å². The van der Waals surface area contributed by atoms with E-state index in [1.807, 2.05) is 0 Å². The molecule has 0 nitrogen and oxygen atoms in total. The molecular weight excluding hydrogens is 481 g/mol. The van der Waals surface area contributed by atoms with Crippen LogP contribution in [0.25, 0.3) is 0 Å². The van der Waals surface area contributed by atoms with Crippen molar-refractivity contribution in [3.05, 3.63) is 0 Å². The van der Waals surface area contributed by atoms with Crippen LogP contribution >= 0.6 is 13.5 Å². The third-order valence-corrected chi connectivity index (χ3v) is 0. The van der Waals surface area contributed by atoms with E-state index >= 15 is 0 Å². The summed E-state index contributed by atoms with van der Waals surface area (Å²) >= 11 is 0. The van der Waals surface area contributed by atoms with Crippen LogP contribution in [0, 0.1) is 0 Å².